The fourth-order valence-electron chi connectivity index (χ4n) is 3.56. The summed E-state index contributed by atoms with van der Waals surface area (Å²) in [7, 11) is 2.01. The monoisotopic (exact) mass is 371 g/mol. The summed E-state index contributed by atoms with van der Waals surface area (Å²) >= 11 is 0. The van der Waals surface area contributed by atoms with Gasteiger partial charge in [-0.1, -0.05) is 37.3 Å². The van der Waals surface area contributed by atoms with Crippen molar-refractivity contribution < 1.29 is 0 Å². The molecule has 0 amide bonds. The number of nitrogens with one attached hydrogen (secondary N) is 3. The molecule has 0 spiro atoms. The summed E-state index contributed by atoms with van der Waals surface area (Å²) in [6, 6.07) is 17.4. The lowest BCUT2D eigenvalue weighted by molar-refractivity contribution is 0.577. The van der Waals surface area contributed by atoms with Gasteiger partial charge in [0.2, 0.25) is 0 Å². The van der Waals surface area contributed by atoms with Crippen LogP contribution >= 0.6 is 0 Å². The summed E-state index contributed by atoms with van der Waals surface area (Å²) < 4.78 is 0. The molecule has 0 fully saturated rings. The van der Waals surface area contributed by atoms with Crippen molar-refractivity contribution in [1.29, 1.82) is 0 Å². The molecule has 0 aliphatic heterocycles. The third kappa shape index (κ3) is 3.75. The molecule has 0 aliphatic carbocycles. The average Bonchev–Trinajstić information content (AvgIpc) is 3.22. The fourth-order valence-corrected chi connectivity index (χ4v) is 3.56. The molecule has 0 saturated carbocycles. The van der Waals surface area contributed by atoms with E-state index in [1.807, 2.05) is 25.5 Å². The summed E-state index contributed by atoms with van der Waals surface area (Å²) in [5.41, 5.74) is 5.68. The van der Waals surface area contributed by atoms with Crippen LogP contribution in [0.1, 0.15) is 30.5 Å². The van der Waals surface area contributed by atoms with Crippen molar-refractivity contribution in [2.75, 3.05) is 12.4 Å². The van der Waals surface area contributed by atoms with E-state index in [9.17, 15) is 0 Å². The van der Waals surface area contributed by atoms with Crippen molar-refractivity contribution in [3.63, 3.8) is 0 Å². The number of fused-ring (bicyclic) bond motifs is 1. The second kappa shape index (κ2) is 8.23. The lowest BCUT2D eigenvalue weighted by atomic mass is 9.98. The largest absolute Gasteiger partial charge is 0.366 e. The van der Waals surface area contributed by atoms with E-state index in [1.54, 1.807) is 6.20 Å². The molecule has 1 unspecified atom stereocenters. The van der Waals surface area contributed by atoms with Crippen molar-refractivity contribution in [3.05, 3.63) is 78.2 Å². The summed E-state index contributed by atoms with van der Waals surface area (Å²) in [6.45, 7) is 2.88. The van der Waals surface area contributed by atoms with Crippen LogP contribution in [0.3, 0.4) is 0 Å². The highest BCUT2D eigenvalue weighted by Crippen LogP contribution is 2.31. The Morgan fingerprint density at radius 2 is 1.96 bits per heavy atom. The van der Waals surface area contributed by atoms with Crippen molar-refractivity contribution >= 4 is 16.9 Å². The van der Waals surface area contributed by atoms with Gasteiger partial charge in [-0.2, -0.15) is 0 Å². The molecule has 28 heavy (non-hydrogen) atoms. The van der Waals surface area contributed by atoms with Gasteiger partial charge in [-0.3, -0.25) is 4.98 Å². The molecule has 142 valence electrons. The Hall–Kier alpha value is -3.18. The number of aromatic amines is 1. The van der Waals surface area contributed by atoms with Gasteiger partial charge in [0.1, 0.15) is 11.5 Å². The van der Waals surface area contributed by atoms with Gasteiger partial charge in [0.05, 0.1) is 0 Å². The first-order valence-electron chi connectivity index (χ1n) is 9.67. The Labute approximate surface area is 165 Å². The Balaban J connectivity index is 1.65. The van der Waals surface area contributed by atoms with Crippen LogP contribution in [-0.2, 0) is 6.54 Å². The Morgan fingerprint density at radius 3 is 2.68 bits per heavy atom. The van der Waals surface area contributed by atoms with E-state index >= 15 is 0 Å². The minimum Gasteiger partial charge on any atom is -0.366 e. The third-order valence-electron chi connectivity index (χ3n) is 5.11. The minimum absolute atomic E-state index is 0.385. The first-order chi connectivity index (χ1) is 13.8. The van der Waals surface area contributed by atoms with Crippen LogP contribution in [0.15, 0.2) is 67.1 Å². The molecule has 3 aromatic heterocycles. The molecule has 5 heteroatoms. The number of aromatic nitrogens is 3. The average molecular weight is 371 g/mol. The number of hydrogen-bond acceptors (Lipinski definition) is 4. The molecule has 4 aromatic rings. The van der Waals surface area contributed by atoms with Crippen LogP contribution in [0.5, 0.6) is 0 Å². The highest BCUT2D eigenvalue weighted by molar-refractivity contribution is 5.94. The second-order valence-electron chi connectivity index (χ2n) is 6.88. The van der Waals surface area contributed by atoms with Gasteiger partial charge in [0, 0.05) is 36.6 Å². The molecule has 3 heterocycles. The Kier molecular flexibility index (Phi) is 5.35. The normalized spacial score (nSPS) is 12.2. The first kappa shape index (κ1) is 18.2. The number of benzene rings is 1. The van der Waals surface area contributed by atoms with Gasteiger partial charge in [-0.05, 0) is 53.9 Å². The van der Waals surface area contributed by atoms with E-state index in [2.05, 4.69) is 70.0 Å². The van der Waals surface area contributed by atoms with Crippen LogP contribution < -0.4 is 10.6 Å². The maximum atomic E-state index is 4.71. The standard InChI is InChI=1S/C23H25N5/c1-3-21(24-2)18-8-6-17(7-9-18)20-13-22(28-23-19(20)10-12-26-23)27-15-16-5-4-11-25-14-16/h4-14,21,24H,3,15H2,1-2H3,(H2,26,27,28). The van der Waals surface area contributed by atoms with Gasteiger partial charge in [-0.25, -0.2) is 4.98 Å². The quantitative estimate of drug-likeness (QED) is 0.432. The second-order valence-corrected chi connectivity index (χ2v) is 6.88. The van der Waals surface area contributed by atoms with Gasteiger partial charge in [0.25, 0.3) is 0 Å². The van der Waals surface area contributed by atoms with Crippen molar-refractivity contribution in [3.8, 4) is 11.1 Å². The SMILES string of the molecule is CCC(NC)c1ccc(-c2cc(NCc3cccnc3)nc3[nH]ccc23)cc1. The topological polar surface area (TPSA) is 65.6 Å². The highest BCUT2D eigenvalue weighted by atomic mass is 15.0. The van der Waals surface area contributed by atoms with Crippen molar-refractivity contribution in [1.82, 2.24) is 20.3 Å². The zero-order valence-electron chi connectivity index (χ0n) is 16.2. The number of H-pyrrole nitrogens is 1. The third-order valence-corrected chi connectivity index (χ3v) is 5.11. The summed E-state index contributed by atoms with van der Waals surface area (Å²) in [4.78, 5) is 12.1. The van der Waals surface area contributed by atoms with E-state index in [0.717, 1.165) is 28.8 Å². The first-order valence-corrected chi connectivity index (χ1v) is 9.67. The fraction of sp³-hybridized carbons (Fsp3) is 0.217. The summed E-state index contributed by atoms with van der Waals surface area (Å²) in [5.74, 6) is 0.847. The maximum Gasteiger partial charge on any atom is 0.140 e. The number of hydrogen-bond donors (Lipinski definition) is 3. The van der Waals surface area contributed by atoms with Crippen LogP contribution in [0.25, 0.3) is 22.2 Å². The van der Waals surface area contributed by atoms with Crippen LogP contribution in [-0.4, -0.2) is 22.0 Å². The van der Waals surface area contributed by atoms with E-state index in [-0.39, 0.29) is 0 Å². The molecule has 3 N–H and O–H groups in total. The number of rotatable bonds is 7. The van der Waals surface area contributed by atoms with Crippen molar-refractivity contribution in [2.45, 2.75) is 25.9 Å². The van der Waals surface area contributed by atoms with Crippen molar-refractivity contribution in [2.24, 2.45) is 0 Å². The number of pyridine rings is 2. The molecule has 1 atom stereocenters. The smallest absolute Gasteiger partial charge is 0.140 e. The molecule has 0 radical (unpaired) electrons. The van der Waals surface area contributed by atoms with E-state index in [1.165, 1.54) is 16.7 Å². The Bertz CT molecular complexity index is 1030. The number of anilines is 1. The van der Waals surface area contributed by atoms with E-state index in [0.29, 0.717) is 12.6 Å². The predicted octanol–water partition coefficient (Wildman–Crippen LogP) is 4.91. The number of nitrogens with zero attached hydrogens (tertiary/aromatic N) is 2. The zero-order chi connectivity index (χ0) is 19.3. The van der Waals surface area contributed by atoms with E-state index in [4.69, 9.17) is 4.98 Å². The summed E-state index contributed by atoms with van der Waals surface area (Å²) in [6.07, 6.45) is 6.65. The molecular weight excluding hydrogens is 346 g/mol. The molecule has 0 bridgehead atoms. The highest BCUT2D eigenvalue weighted by Gasteiger charge is 2.11. The minimum atomic E-state index is 0.385. The van der Waals surface area contributed by atoms with Crippen LogP contribution in [0.2, 0.25) is 0 Å². The van der Waals surface area contributed by atoms with Gasteiger partial charge < -0.3 is 15.6 Å². The van der Waals surface area contributed by atoms with Gasteiger partial charge >= 0.3 is 0 Å². The Morgan fingerprint density at radius 1 is 1.11 bits per heavy atom. The van der Waals surface area contributed by atoms with Gasteiger partial charge in [-0.15, -0.1) is 0 Å². The molecule has 4 rings (SSSR count). The molecule has 0 saturated heterocycles. The molecule has 1 aromatic carbocycles. The molecule has 0 aliphatic rings. The maximum absolute atomic E-state index is 4.71. The predicted molar refractivity (Wildman–Crippen MR) is 115 cm³/mol. The summed E-state index contributed by atoms with van der Waals surface area (Å²) in [5, 5.41) is 7.91. The van der Waals surface area contributed by atoms with Gasteiger partial charge in [0.15, 0.2) is 0 Å². The molecular formula is C23H25N5. The lowest BCUT2D eigenvalue weighted by Crippen LogP contribution is -2.14. The lowest BCUT2D eigenvalue weighted by Gasteiger charge is -2.15. The molecule has 5 nitrogen and oxygen atoms in total. The van der Waals surface area contributed by atoms with Crippen LogP contribution in [0.4, 0.5) is 5.82 Å². The zero-order valence-corrected chi connectivity index (χ0v) is 16.2. The van der Waals surface area contributed by atoms with E-state index < -0.39 is 0 Å². The van der Waals surface area contributed by atoms with Crippen LogP contribution in [0, 0.1) is 0 Å².